The standard InChI is InChI=1S/C12H13BrF4N2.2ClH/c13-10-2-1-8(14)7-9(10)11(12(15,16)17)19-5-3-18-4-6-19;;/h1-2,7,11,18H,3-6H2;2*1H/t11-;;/m1../s1. The van der Waals surface area contributed by atoms with E-state index in [4.69, 9.17) is 0 Å². The van der Waals surface area contributed by atoms with Crippen LogP contribution in [0.1, 0.15) is 11.6 Å². The Balaban J connectivity index is 0.00000200. The van der Waals surface area contributed by atoms with E-state index in [0.29, 0.717) is 13.1 Å². The van der Waals surface area contributed by atoms with E-state index in [0.717, 1.165) is 12.1 Å². The second-order valence-corrected chi connectivity index (χ2v) is 5.25. The minimum Gasteiger partial charge on any atom is -0.314 e. The Hall–Kier alpha value is -0.0800. The second kappa shape index (κ2) is 8.53. The van der Waals surface area contributed by atoms with Gasteiger partial charge >= 0.3 is 6.18 Å². The lowest BCUT2D eigenvalue weighted by atomic mass is 10.0. The van der Waals surface area contributed by atoms with Crippen molar-refractivity contribution in [3.05, 3.63) is 34.1 Å². The van der Waals surface area contributed by atoms with E-state index in [1.807, 2.05) is 0 Å². The highest BCUT2D eigenvalue weighted by molar-refractivity contribution is 9.10. The van der Waals surface area contributed by atoms with E-state index < -0.39 is 18.0 Å². The Bertz CT molecular complexity index is 453. The van der Waals surface area contributed by atoms with E-state index >= 15 is 0 Å². The van der Waals surface area contributed by atoms with Crippen LogP contribution in [0.25, 0.3) is 0 Å². The van der Waals surface area contributed by atoms with Crippen molar-refractivity contribution in [3.63, 3.8) is 0 Å². The molecule has 1 heterocycles. The number of hydrogen-bond acceptors (Lipinski definition) is 2. The van der Waals surface area contributed by atoms with Crippen molar-refractivity contribution in [1.82, 2.24) is 10.2 Å². The van der Waals surface area contributed by atoms with E-state index in [-0.39, 0.29) is 47.9 Å². The average molecular weight is 414 g/mol. The van der Waals surface area contributed by atoms with Gasteiger partial charge in [0.15, 0.2) is 0 Å². The molecular weight excluding hydrogens is 399 g/mol. The molecule has 0 radical (unpaired) electrons. The third-order valence-electron chi connectivity index (χ3n) is 3.08. The first-order valence-electron chi connectivity index (χ1n) is 5.86. The number of halogens is 7. The topological polar surface area (TPSA) is 15.3 Å². The van der Waals surface area contributed by atoms with Crippen LogP contribution >= 0.6 is 40.7 Å². The van der Waals surface area contributed by atoms with Crippen LogP contribution in [0.4, 0.5) is 17.6 Å². The molecule has 1 aromatic carbocycles. The summed E-state index contributed by atoms with van der Waals surface area (Å²) >= 11 is 3.08. The molecule has 2 rings (SSSR count). The minimum atomic E-state index is -4.44. The summed E-state index contributed by atoms with van der Waals surface area (Å²) in [6.07, 6.45) is -4.44. The van der Waals surface area contributed by atoms with Crippen molar-refractivity contribution in [2.75, 3.05) is 26.2 Å². The van der Waals surface area contributed by atoms with Crippen LogP contribution < -0.4 is 5.32 Å². The molecule has 2 nitrogen and oxygen atoms in total. The van der Waals surface area contributed by atoms with Gasteiger partial charge in [-0.25, -0.2) is 4.39 Å². The zero-order chi connectivity index (χ0) is 14.0. The highest BCUT2D eigenvalue weighted by Crippen LogP contribution is 2.40. The van der Waals surface area contributed by atoms with Crippen molar-refractivity contribution in [3.8, 4) is 0 Å². The van der Waals surface area contributed by atoms with Crippen LogP contribution in [-0.4, -0.2) is 37.3 Å². The van der Waals surface area contributed by atoms with Crippen LogP contribution in [0.5, 0.6) is 0 Å². The lowest BCUT2D eigenvalue weighted by Crippen LogP contribution is -2.49. The Morgan fingerprint density at radius 2 is 1.71 bits per heavy atom. The molecule has 0 spiro atoms. The summed E-state index contributed by atoms with van der Waals surface area (Å²) in [6.45, 7) is 1.57. The molecule has 0 saturated carbocycles. The third-order valence-corrected chi connectivity index (χ3v) is 3.80. The van der Waals surface area contributed by atoms with Crippen molar-refractivity contribution < 1.29 is 17.6 Å². The maximum absolute atomic E-state index is 13.3. The molecule has 1 atom stereocenters. The van der Waals surface area contributed by atoms with E-state index in [9.17, 15) is 17.6 Å². The monoisotopic (exact) mass is 412 g/mol. The molecule has 0 aliphatic carbocycles. The number of piperazine rings is 1. The van der Waals surface area contributed by atoms with Crippen molar-refractivity contribution in [2.45, 2.75) is 12.2 Å². The summed E-state index contributed by atoms with van der Waals surface area (Å²) in [4.78, 5) is 1.33. The van der Waals surface area contributed by atoms with Crippen molar-refractivity contribution in [2.24, 2.45) is 0 Å². The Kier molecular flexibility index (Phi) is 8.49. The normalized spacial score (nSPS) is 17.6. The molecule has 0 amide bonds. The summed E-state index contributed by atoms with van der Waals surface area (Å²) in [5, 5.41) is 3.00. The number of rotatable bonds is 2. The largest absolute Gasteiger partial charge is 0.408 e. The number of alkyl halides is 3. The fourth-order valence-electron chi connectivity index (χ4n) is 2.24. The van der Waals surface area contributed by atoms with Gasteiger partial charge < -0.3 is 5.32 Å². The molecule has 1 aliphatic rings. The molecule has 0 bridgehead atoms. The van der Waals surface area contributed by atoms with Crippen LogP contribution in [0, 0.1) is 5.82 Å². The molecular formula is C12H15BrCl2F4N2. The summed E-state index contributed by atoms with van der Waals surface area (Å²) < 4.78 is 53.4. The molecule has 1 aromatic rings. The fourth-order valence-corrected chi connectivity index (χ4v) is 2.71. The number of benzene rings is 1. The smallest absolute Gasteiger partial charge is 0.314 e. The molecule has 0 aromatic heterocycles. The first-order valence-corrected chi connectivity index (χ1v) is 6.65. The van der Waals surface area contributed by atoms with Gasteiger partial charge in [-0.1, -0.05) is 15.9 Å². The average Bonchev–Trinajstić information content (AvgIpc) is 2.33. The quantitative estimate of drug-likeness (QED) is 0.738. The summed E-state index contributed by atoms with van der Waals surface area (Å²) in [7, 11) is 0. The van der Waals surface area contributed by atoms with Gasteiger partial charge in [-0.2, -0.15) is 13.2 Å². The van der Waals surface area contributed by atoms with Crippen molar-refractivity contribution in [1.29, 1.82) is 0 Å². The summed E-state index contributed by atoms with van der Waals surface area (Å²) in [6, 6.07) is 1.62. The molecule has 122 valence electrons. The molecule has 0 unspecified atom stereocenters. The minimum absolute atomic E-state index is 0. The molecule has 21 heavy (non-hydrogen) atoms. The first kappa shape index (κ1) is 20.9. The third kappa shape index (κ3) is 5.25. The molecule has 1 saturated heterocycles. The first-order chi connectivity index (χ1) is 8.89. The summed E-state index contributed by atoms with van der Waals surface area (Å²) in [5.41, 5.74) is -0.0746. The van der Waals surface area contributed by atoms with Crippen molar-refractivity contribution >= 4 is 40.7 Å². The SMILES string of the molecule is Cl.Cl.Fc1ccc(Br)c([C@@H](N2CCNCC2)C(F)(F)F)c1. The lowest BCUT2D eigenvalue weighted by molar-refractivity contribution is -0.188. The molecule has 1 N–H and O–H groups in total. The number of hydrogen-bond donors (Lipinski definition) is 1. The van der Waals surface area contributed by atoms with Crippen LogP contribution in [0.15, 0.2) is 22.7 Å². The van der Waals surface area contributed by atoms with Crippen LogP contribution in [-0.2, 0) is 0 Å². The Labute approximate surface area is 141 Å². The van der Waals surface area contributed by atoms with Crippen LogP contribution in [0.3, 0.4) is 0 Å². The lowest BCUT2D eigenvalue weighted by Gasteiger charge is -2.36. The molecule has 1 aliphatic heterocycles. The predicted octanol–water partition coefficient (Wildman–Crippen LogP) is 3.94. The van der Waals surface area contributed by atoms with E-state index in [2.05, 4.69) is 21.2 Å². The number of nitrogens with zero attached hydrogens (tertiary/aromatic N) is 1. The highest BCUT2D eigenvalue weighted by Gasteiger charge is 2.45. The van der Waals surface area contributed by atoms with Gasteiger partial charge in [0.25, 0.3) is 0 Å². The van der Waals surface area contributed by atoms with Crippen LogP contribution in [0.2, 0.25) is 0 Å². The van der Waals surface area contributed by atoms with Gasteiger partial charge in [0.1, 0.15) is 11.9 Å². The maximum atomic E-state index is 13.3. The van der Waals surface area contributed by atoms with Gasteiger partial charge in [-0.15, -0.1) is 24.8 Å². The number of nitrogens with one attached hydrogen (secondary N) is 1. The maximum Gasteiger partial charge on any atom is 0.408 e. The zero-order valence-corrected chi connectivity index (χ0v) is 14.0. The fraction of sp³-hybridized carbons (Fsp3) is 0.500. The Morgan fingerprint density at radius 3 is 2.24 bits per heavy atom. The van der Waals surface area contributed by atoms with Gasteiger partial charge in [0.2, 0.25) is 0 Å². The van der Waals surface area contributed by atoms with E-state index in [1.165, 1.54) is 11.0 Å². The predicted molar refractivity (Wildman–Crippen MR) is 81.8 cm³/mol. The van der Waals surface area contributed by atoms with Gasteiger partial charge in [0.05, 0.1) is 0 Å². The highest BCUT2D eigenvalue weighted by atomic mass is 79.9. The molecule has 1 fully saturated rings. The second-order valence-electron chi connectivity index (χ2n) is 4.40. The van der Waals surface area contributed by atoms with Gasteiger partial charge in [-0.05, 0) is 23.8 Å². The van der Waals surface area contributed by atoms with E-state index in [1.54, 1.807) is 0 Å². The summed E-state index contributed by atoms with van der Waals surface area (Å²) in [5.74, 6) is -0.664. The molecule has 9 heteroatoms. The van der Waals surface area contributed by atoms with Gasteiger partial charge in [-0.3, -0.25) is 4.90 Å². The zero-order valence-electron chi connectivity index (χ0n) is 10.8. The van der Waals surface area contributed by atoms with Gasteiger partial charge in [0, 0.05) is 30.7 Å². The Morgan fingerprint density at radius 1 is 1.14 bits per heavy atom.